The molecule has 5 aliphatic rings. The summed E-state index contributed by atoms with van der Waals surface area (Å²) in [6, 6.07) is 6.75. The maximum Gasteiger partial charge on any atom is 0.246 e. The fourth-order valence-corrected chi connectivity index (χ4v) is 7.97. The van der Waals surface area contributed by atoms with Gasteiger partial charge in [-0.3, -0.25) is 19.3 Å². The number of nitrogens with one attached hydrogen (secondary N) is 2. The maximum atomic E-state index is 14.2. The minimum Gasteiger partial charge on any atom is -0.359 e. The molecule has 3 saturated heterocycles. The molecule has 3 amide bonds. The average molecular weight is 569 g/mol. The highest BCUT2D eigenvalue weighted by Gasteiger charge is 2.72. The van der Waals surface area contributed by atoms with E-state index in [4.69, 9.17) is 16.3 Å². The van der Waals surface area contributed by atoms with Crippen LogP contribution in [0, 0.1) is 11.8 Å². The summed E-state index contributed by atoms with van der Waals surface area (Å²) in [7, 11) is 0. The fourth-order valence-electron chi connectivity index (χ4n) is 7.85. The van der Waals surface area contributed by atoms with Gasteiger partial charge in [-0.15, -0.1) is 0 Å². The number of piperidine rings is 1. The van der Waals surface area contributed by atoms with Crippen molar-refractivity contribution in [2.24, 2.45) is 11.8 Å². The van der Waals surface area contributed by atoms with Crippen molar-refractivity contribution in [2.75, 3.05) is 25.0 Å². The first kappa shape index (κ1) is 27.7. The summed E-state index contributed by atoms with van der Waals surface area (Å²) >= 11 is 6.02. The van der Waals surface area contributed by atoms with Gasteiger partial charge in [0.15, 0.2) is 0 Å². The van der Waals surface area contributed by atoms with Gasteiger partial charge in [-0.1, -0.05) is 56.4 Å². The first-order chi connectivity index (χ1) is 19.4. The van der Waals surface area contributed by atoms with Crippen molar-refractivity contribution < 1.29 is 19.1 Å². The lowest BCUT2D eigenvalue weighted by molar-refractivity contribution is -0.141. The highest BCUT2D eigenvalue weighted by atomic mass is 35.5. The van der Waals surface area contributed by atoms with Crippen LogP contribution in [0.4, 0.5) is 5.69 Å². The van der Waals surface area contributed by atoms with Crippen LogP contribution in [-0.4, -0.2) is 77.0 Å². The second-order valence-corrected chi connectivity index (χ2v) is 12.6. The largest absolute Gasteiger partial charge is 0.359 e. The Balaban J connectivity index is 1.26. The molecule has 0 radical (unpaired) electrons. The van der Waals surface area contributed by atoms with Crippen LogP contribution in [0.1, 0.15) is 64.7 Å². The van der Waals surface area contributed by atoms with Gasteiger partial charge >= 0.3 is 0 Å². The molecule has 0 aromatic heterocycles. The summed E-state index contributed by atoms with van der Waals surface area (Å²) in [5.41, 5.74) is -0.519. The van der Waals surface area contributed by atoms with E-state index in [2.05, 4.69) is 22.5 Å². The number of anilines is 1. The smallest absolute Gasteiger partial charge is 0.246 e. The van der Waals surface area contributed by atoms with Crippen molar-refractivity contribution in [3.8, 4) is 0 Å². The number of halogens is 1. The summed E-state index contributed by atoms with van der Waals surface area (Å²) in [5, 5.41) is 6.81. The molecule has 1 aromatic rings. The molecule has 216 valence electrons. The lowest BCUT2D eigenvalue weighted by Gasteiger charge is -2.38. The molecule has 6 atom stereocenters. The number of ether oxygens (including phenoxy) is 1. The molecule has 4 fully saturated rings. The lowest BCUT2D eigenvalue weighted by Crippen LogP contribution is -2.57. The maximum absolute atomic E-state index is 14.2. The van der Waals surface area contributed by atoms with Gasteiger partial charge in [0.1, 0.15) is 11.6 Å². The van der Waals surface area contributed by atoms with Gasteiger partial charge in [-0.25, -0.2) is 0 Å². The van der Waals surface area contributed by atoms with Crippen molar-refractivity contribution in [2.45, 2.75) is 94.5 Å². The zero-order valence-electron chi connectivity index (χ0n) is 23.3. The number of nitrogens with zero attached hydrogens (tertiary/aromatic N) is 2. The van der Waals surface area contributed by atoms with Gasteiger partial charge in [0.05, 0.1) is 17.9 Å². The van der Waals surface area contributed by atoms with Crippen LogP contribution in [0.15, 0.2) is 36.4 Å². The molecule has 6 rings (SSSR count). The van der Waals surface area contributed by atoms with Crippen LogP contribution in [-0.2, 0) is 19.1 Å². The molecule has 4 aliphatic heterocycles. The lowest BCUT2D eigenvalue weighted by atomic mass is 9.74. The third-order valence-corrected chi connectivity index (χ3v) is 10.1. The predicted octanol–water partition coefficient (Wildman–Crippen LogP) is 4.14. The van der Waals surface area contributed by atoms with Gasteiger partial charge in [0, 0.05) is 35.9 Å². The summed E-state index contributed by atoms with van der Waals surface area (Å²) in [4.78, 5) is 46.1. The molecule has 1 aromatic carbocycles. The van der Waals surface area contributed by atoms with Crippen molar-refractivity contribution in [1.29, 1.82) is 0 Å². The standard InChI is InChI=1S/C31H41ClN4O4/c1-2-23-10-6-7-17-35(23)18-19-36-27(29(38)34-21-8-4-3-5-9-21)31-16-15-24(40-31)25(26(31)30(36)39)28(37)33-22-13-11-20(32)12-14-22/h11-16,21,23-27H,2-10,17-19H2,1H3,(H,33,37)(H,34,38)/t23-,24+,25-,26+,27-,31+/m1/s1. The van der Waals surface area contributed by atoms with Crippen molar-refractivity contribution in [1.82, 2.24) is 15.1 Å². The van der Waals surface area contributed by atoms with E-state index in [9.17, 15) is 14.4 Å². The van der Waals surface area contributed by atoms with E-state index in [0.29, 0.717) is 23.3 Å². The minimum atomic E-state index is -1.13. The van der Waals surface area contributed by atoms with E-state index in [1.807, 2.05) is 12.2 Å². The fraction of sp³-hybridized carbons (Fsp3) is 0.645. The summed E-state index contributed by atoms with van der Waals surface area (Å²) in [6.45, 7) is 4.40. The summed E-state index contributed by atoms with van der Waals surface area (Å²) in [5.74, 6) is -2.02. The molecule has 1 spiro atoms. The number of carbonyl (C=O) groups is 3. The van der Waals surface area contributed by atoms with Crippen LogP contribution in [0.25, 0.3) is 0 Å². The van der Waals surface area contributed by atoms with E-state index in [-0.39, 0.29) is 23.8 Å². The van der Waals surface area contributed by atoms with Gasteiger partial charge in [-0.05, 0) is 62.9 Å². The second kappa shape index (κ2) is 11.5. The van der Waals surface area contributed by atoms with Crippen LogP contribution >= 0.6 is 11.6 Å². The Bertz CT molecular complexity index is 1150. The summed E-state index contributed by atoms with van der Waals surface area (Å²) < 4.78 is 6.50. The van der Waals surface area contributed by atoms with Crippen molar-refractivity contribution in [3.05, 3.63) is 41.4 Å². The highest BCUT2D eigenvalue weighted by Crippen LogP contribution is 2.55. The highest BCUT2D eigenvalue weighted by molar-refractivity contribution is 6.30. The minimum absolute atomic E-state index is 0.117. The van der Waals surface area contributed by atoms with Gasteiger partial charge in [-0.2, -0.15) is 0 Å². The van der Waals surface area contributed by atoms with E-state index >= 15 is 0 Å². The van der Waals surface area contributed by atoms with Gasteiger partial charge in [0.25, 0.3) is 0 Å². The van der Waals surface area contributed by atoms with E-state index in [1.54, 1.807) is 29.2 Å². The number of fused-ring (bicyclic) bond motifs is 1. The van der Waals surface area contributed by atoms with E-state index in [1.165, 1.54) is 19.3 Å². The zero-order valence-corrected chi connectivity index (χ0v) is 24.1. The van der Waals surface area contributed by atoms with Crippen molar-refractivity contribution >= 4 is 35.0 Å². The number of benzene rings is 1. The molecule has 2 N–H and O–H groups in total. The Labute approximate surface area is 241 Å². The number of amides is 3. The number of hydrogen-bond donors (Lipinski definition) is 2. The Morgan fingerprint density at radius 2 is 1.77 bits per heavy atom. The molecule has 1 saturated carbocycles. The molecule has 2 bridgehead atoms. The number of hydrogen-bond acceptors (Lipinski definition) is 5. The molecule has 9 heteroatoms. The predicted molar refractivity (Wildman–Crippen MR) is 154 cm³/mol. The van der Waals surface area contributed by atoms with Crippen molar-refractivity contribution in [3.63, 3.8) is 0 Å². The van der Waals surface area contributed by atoms with Gasteiger partial charge in [0.2, 0.25) is 17.7 Å². The number of carbonyl (C=O) groups excluding carboxylic acids is 3. The SMILES string of the molecule is CC[C@@H]1CCCCN1CCN1C(=O)[C@@H]2[C@H](C(=O)Nc3ccc(Cl)cc3)[C@@H]3C=C[C@@]2(O3)[C@H]1C(=O)NC1CCCCC1. The van der Waals surface area contributed by atoms with Crippen LogP contribution in [0.5, 0.6) is 0 Å². The number of rotatable bonds is 8. The first-order valence-electron chi connectivity index (χ1n) is 15.2. The quantitative estimate of drug-likeness (QED) is 0.460. The normalized spacial score (nSPS) is 33.8. The van der Waals surface area contributed by atoms with Gasteiger partial charge < -0.3 is 20.3 Å². The van der Waals surface area contributed by atoms with E-state index < -0.39 is 29.6 Å². The second-order valence-electron chi connectivity index (χ2n) is 12.2. The molecule has 0 unspecified atom stereocenters. The molecule has 4 heterocycles. The molecule has 1 aliphatic carbocycles. The third-order valence-electron chi connectivity index (χ3n) is 9.84. The first-order valence-corrected chi connectivity index (χ1v) is 15.6. The molecule has 40 heavy (non-hydrogen) atoms. The Morgan fingerprint density at radius 1 is 1.02 bits per heavy atom. The Morgan fingerprint density at radius 3 is 2.52 bits per heavy atom. The number of likely N-dealkylation sites (tertiary alicyclic amines) is 2. The zero-order chi connectivity index (χ0) is 27.9. The third kappa shape index (κ3) is 4.96. The van der Waals surface area contributed by atoms with E-state index in [0.717, 1.165) is 51.6 Å². The molecular formula is C31H41ClN4O4. The van der Waals surface area contributed by atoms with Crippen LogP contribution < -0.4 is 10.6 Å². The topological polar surface area (TPSA) is 91.0 Å². The molecular weight excluding hydrogens is 528 g/mol. The average Bonchev–Trinajstić information content (AvgIpc) is 3.61. The van der Waals surface area contributed by atoms with Crippen LogP contribution in [0.2, 0.25) is 5.02 Å². The summed E-state index contributed by atoms with van der Waals surface area (Å²) in [6.07, 6.45) is 13.2. The monoisotopic (exact) mass is 568 g/mol. The Kier molecular flexibility index (Phi) is 7.94. The van der Waals surface area contributed by atoms with Crippen LogP contribution in [0.3, 0.4) is 0 Å². The Hall–Kier alpha value is -2.42. The molecule has 8 nitrogen and oxygen atoms in total.